The molecule has 0 unspecified atom stereocenters. The molecule has 1 fully saturated rings. The molecule has 0 spiro atoms. The van der Waals surface area contributed by atoms with Crippen molar-refractivity contribution < 1.29 is 22.3 Å². The molecule has 134 valence electrons. The van der Waals surface area contributed by atoms with E-state index in [1.165, 1.54) is 13.2 Å². The SMILES string of the molecule is COc1ccc(F)cc1S(=O)(=O)Nc1ccc(N2CCOCC2)cc1. The first-order chi connectivity index (χ1) is 12.0. The number of morpholine rings is 1. The molecule has 0 amide bonds. The smallest absolute Gasteiger partial charge is 0.265 e. The van der Waals surface area contributed by atoms with Gasteiger partial charge in [-0.3, -0.25) is 4.72 Å². The number of ether oxygens (including phenoxy) is 2. The number of benzene rings is 2. The normalized spacial score (nSPS) is 15.0. The molecule has 1 aliphatic rings. The molecule has 3 rings (SSSR count). The lowest BCUT2D eigenvalue weighted by atomic mass is 10.2. The van der Waals surface area contributed by atoms with Crippen LogP contribution in [-0.2, 0) is 14.8 Å². The highest BCUT2D eigenvalue weighted by molar-refractivity contribution is 7.92. The van der Waals surface area contributed by atoms with Crippen LogP contribution in [0.3, 0.4) is 0 Å². The van der Waals surface area contributed by atoms with E-state index in [2.05, 4.69) is 9.62 Å². The Balaban J connectivity index is 1.80. The fourth-order valence-electron chi connectivity index (χ4n) is 2.63. The number of methoxy groups -OCH3 is 1. The molecule has 0 bridgehead atoms. The van der Waals surface area contributed by atoms with E-state index in [1.807, 2.05) is 12.1 Å². The van der Waals surface area contributed by atoms with Crippen molar-refractivity contribution in [3.63, 3.8) is 0 Å². The van der Waals surface area contributed by atoms with Crippen LogP contribution in [0.15, 0.2) is 47.4 Å². The predicted octanol–water partition coefficient (Wildman–Crippen LogP) is 2.47. The third-order valence-corrected chi connectivity index (χ3v) is 5.31. The fourth-order valence-corrected chi connectivity index (χ4v) is 3.87. The maximum Gasteiger partial charge on any atom is 0.265 e. The summed E-state index contributed by atoms with van der Waals surface area (Å²) in [4.78, 5) is 1.92. The van der Waals surface area contributed by atoms with Gasteiger partial charge in [-0.25, -0.2) is 12.8 Å². The summed E-state index contributed by atoms with van der Waals surface area (Å²) in [5.41, 5.74) is 1.39. The van der Waals surface area contributed by atoms with Gasteiger partial charge in [-0.2, -0.15) is 0 Å². The molecule has 0 saturated carbocycles. The van der Waals surface area contributed by atoms with Crippen molar-refractivity contribution in [2.24, 2.45) is 0 Å². The van der Waals surface area contributed by atoms with Gasteiger partial charge in [-0.1, -0.05) is 0 Å². The molecule has 0 aliphatic carbocycles. The highest BCUT2D eigenvalue weighted by Gasteiger charge is 2.21. The number of nitrogens with zero attached hydrogens (tertiary/aromatic N) is 1. The summed E-state index contributed by atoms with van der Waals surface area (Å²) >= 11 is 0. The Morgan fingerprint density at radius 3 is 2.44 bits per heavy atom. The van der Waals surface area contributed by atoms with E-state index in [9.17, 15) is 12.8 Å². The van der Waals surface area contributed by atoms with E-state index in [0.29, 0.717) is 18.9 Å². The molecule has 6 nitrogen and oxygen atoms in total. The summed E-state index contributed by atoms with van der Waals surface area (Å²) in [5.74, 6) is -0.567. The van der Waals surface area contributed by atoms with Crippen LogP contribution in [0.1, 0.15) is 0 Å². The number of sulfonamides is 1. The minimum atomic E-state index is -3.96. The van der Waals surface area contributed by atoms with Gasteiger partial charge >= 0.3 is 0 Å². The first-order valence-corrected chi connectivity index (χ1v) is 9.27. The first kappa shape index (κ1) is 17.5. The molecular weight excluding hydrogens is 347 g/mol. The maximum atomic E-state index is 13.4. The molecule has 25 heavy (non-hydrogen) atoms. The molecule has 1 heterocycles. The third kappa shape index (κ3) is 4.02. The van der Waals surface area contributed by atoms with Crippen LogP contribution in [0.2, 0.25) is 0 Å². The number of nitrogens with one attached hydrogen (secondary N) is 1. The summed E-state index contributed by atoms with van der Waals surface area (Å²) < 4.78 is 51.3. The Hall–Kier alpha value is -2.32. The second-order valence-electron chi connectivity index (χ2n) is 5.55. The van der Waals surface area contributed by atoms with Crippen molar-refractivity contribution in [2.45, 2.75) is 4.90 Å². The lowest BCUT2D eigenvalue weighted by Crippen LogP contribution is -2.36. The highest BCUT2D eigenvalue weighted by Crippen LogP contribution is 2.27. The van der Waals surface area contributed by atoms with Gasteiger partial charge in [0.15, 0.2) is 0 Å². The molecular formula is C17H19FN2O4S. The van der Waals surface area contributed by atoms with Crippen LogP contribution in [0.5, 0.6) is 5.75 Å². The van der Waals surface area contributed by atoms with E-state index < -0.39 is 15.8 Å². The molecule has 0 radical (unpaired) electrons. The predicted molar refractivity (Wildman–Crippen MR) is 93.2 cm³/mol. The van der Waals surface area contributed by atoms with Gasteiger partial charge in [0.05, 0.1) is 20.3 Å². The second-order valence-corrected chi connectivity index (χ2v) is 7.20. The Morgan fingerprint density at radius 2 is 1.80 bits per heavy atom. The average Bonchev–Trinajstić information content (AvgIpc) is 2.63. The average molecular weight is 366 g/mol. The van der Waals surface area contributed by atoms with Crippen LogP contribution in [0.4, 0.5) is 15.8 Å². The molecule has 1 N–H and O–H groups in total. The summed E-state index contributed by atoms with van der Waals surface area (Å²) in [5, 5.41) is 0. The minimum absolute atomic E-state index is 0.0823. The highest BCUT2D eigenvalue weighted by atomic mass is 32.2. The van der Waals surface area contributed by atoms with Crippen LogP contribution < -0.4 is 14.4 Å². The Morgan fingerprint density at radius 1 is 1.12 bits per heavy atom. The Kier molecular flexibility index (Phi) is 5.10. The first-order valence-electron chi connectivity index (χ1n) is 7.79. The lowest BCUT2D eigenvalue weighted by molar-refractivity contribution is 0.122. The summed E-state index contributed by atoms with van der Waals surface area (Å²) in [6.07, 6.45) is 0. The van der Waals surface area contributed by atoms with E-state index in [-0.39, 0.29) is 10.6 Å². The Bertz CT molecular complexity index is 834. The summed E-state index contributed by atoms with van der Waals surface area (Å²) in [6, 6.07) is 10.4. The van der Waals surface area contributed by atoms with Gasteiger partial charge in [0.1, 0.15) is 16.5 Å². The lowest BCUT2D eigenvalue weighted by Gasteiger charge is -2.28. The third-order valence-electron chi connectivity index (χ3n) is 3.91. The van der Waals surface area contributed by atoms with Gasteiger partial charge in [0.2, 0.25) is 0 Å². The molecule has 2 aromatic rings. The van der Waals surface area contributed by atoms with Gasteiger partial charge in [0.25, 0.3) is 10.0 Å². The van der Waals surface area contributed by atoms with E-state index in [0.717, 1.165) is 30.9 Å². The van der Waals surface area contributed by atoms with Gasteiger partial charge < -0.3 is 14.4 Å². The quantitative estimate of drug-likeness (QED) is 0.881. The zero-order valence-electron chi connectivity index (χ0n) is 13.7. The summed E-state index contributed by atoms with van der Waals surface area (Å²) in [6.45, 7) is 2.94. The Labute approximate surface area is 146 Å². The van der Waals surface area contributed by atoms with Gasteiger partial charge in [-0.15, -0.1) is 0 Å². The molecule has 8 heteroatoms. The van der Waals surface area contributed by atoms with Crippen LogP contribution in [0.25, 0.3) is 0 Å². The summed E-state index contributed by atoms with van der Waals surface area (Å²) in [7, 11) is -2.63. The fraction of sp³-hybridized carbons (Fsp3) is 0.294. The van der Waals surface area contributed by atoms with Crippen LogP contribution >= 0.6 is 0 Å². The van der Waals surface area contributed by atoms with E-state index >= 15 is 0 Å². The second kappa shape index (κ2) is 7.28. The van der Waals surface area contributed by atoms with Crippen molar-refractivity contribution in [1.29, 1.82) is 0 Å². The zero-order valence-corrected chi connectivity index (χ0v) is 14.6. The topological polar surface area (TPSA) is 67.9 Å². The zero-order chi connectivity index (χ0) is 17.9. The van der Waals surface area contributed by atoms with Crippen molar-refractivity contribution in [3.05, 3.63) is 48.3 Å². The van der Waals surface area contributed by atoms with Crippen molar-refractivity contribution >= 4 is 21.4 Å². The molecule has 2 aromatic carbocycles. The molecule has 1 saturated heterocycles. The standard InChI is InChI=1S/C17H19FN2O4S/c1-23-16-7-2-13(18)12-17(16)25(21,22)19-14-3-5-15(6-4-14)20-8-10-24-11-9-20/h2-7,12,19H,8-11H2,1H3. The van der Waals surface area contributed by atoms with E-state index in [1.54, 1.807) is 12.1 Å². The molecule has 0 aromatic heterocycles. The van der Waals surface area contributed by atoms with Gasteiger partial charge in [0, 0.05) is 24.5 Å². The van der Waals surface area contributed by atoms with Crippen LogP contribution in [0, 0.1) is 5.82 Å². The number of halogens is 1. The number of rotatable bonds is 5. The van der Waals surface area contributed by atoms with Crippen LogP contribution in [-0.4, -0.2) is 41.8 Å². The number of hydrogen-bond acceptors (Lipinski definition) is 5. The molecule has 1 aliphatic heterocycles. The number of anilines is 2. The van der Waals surface area contributed by atoms with Crippen molar-refractivity contribution in [3.8, 4) is 5.75 Å². The van der Waals surface area contributed by atoms with Gasteiger partial charge in [-0.05, 0) is 42.5 Å². The maximum absolute atomic E-state index is 13.4. The van der Waals surface area contributed by atoms with Crippen molar-refractivity contribution in [1.82, 2.24) is 0 Å². The molecule has 0 atom stereocenters. The monoisotopic (exact) mass is 366 g/mol. The number of hydrogen-bond donors (Lipinski definition) is 1. The largest absolute Gasteiger partial charge is 0.495 e. The van der Waals surface area contributed by atoms with E-state index in [4.69, 9.17) is 9.47 Å². The van der Waals surface area contributed by atoms with Crippen molar-refractivity contribution in [2.75, 3.05) is 43.0 Å². The minimum Gasteiger partial charge on any atom is -0.495 e.